The van der Waals surface area contributed by atoms with Gasteiger partial charge in [-0.2, -0.15) is 10.4 Å². The molecule has 0 radical (unpaired) electrons. The van der Waals surface area contributed by atoms with E-state index in [2.05, 4.69) is 21.1 Å². The fourth-order valence-corrected chi connectivity index (χ4v) is 3.54. The number of nitriles is 1. The fraction of sp³-hybridized carbons (Fsp3) is 0.136. The van der Waals surface area contributed by atoms with Gasteiger partial charge in [0, 0.05) is 18.0 Å². The van der Waals surface area contributed by atoms with Crippen LogP contribution in [0.4, 0.5) is 10.1 Å². The summed E-state index contributed by atoms with van der Waals surface area (Å²) in [7, 11) is 3.23. The van der Waals surface area contributed by atoms with E-state index in [1.54, 1.807) is 55.3 Å². The number of hydrogen-bond donors (Lipinski definition) is 2. The molecule has 2 aromatic heterocycles. The van der Waals surface area contributed by atoms with Gasteiger partial charge in [0.2, 0.25) is 0 Å². The molecule has 30 heavy (non-hydrogen) atoms. The van der Waals surface area contributed by atoms with Crippen LogP contribution in [-0.2, 0) is 7.05 Å². The van der Waals surface area contributed by atoms with Gasteiger partial charge in [0.1, 0.15) is 17.3 Å². The van der Waals surface area contributed by atoms with Crippen LogP contribution in [-0.4, -0.2) is 32.7 Å². The van der Waals surface area contributed by atoms with Gasteiger partial charge in [0.25, 0.3) is 0 Å². The van der Waals surface area contributed by atoms with Gasteiger partial charge in [-0.3, -0.25) is 4.68 Å². The predicted octanol–water partition coefficient (Wildman–Crippen LogP) is 4.43. The maximum absolute atomic E-state index is 14.7. The van der Waals surface area contributed by atoms with Crippen molar-refractivity contribution in [3.05, 3.63) is 59.7 Å². The van der Waals surface area contributed by atoms with Crippen molar-refractivity contribution >= 4 is 22.3 Å². The van der Waals surface area contributed by atoms with E-state index in [1.807, 2.05) is 0 Å². The molecule has 0 saturated carbocycles. The molecule has 0 atom stereocenters. The second-order valence-electron chi connectivity index (χ2n) is 6.79. The van der Waals surface area contributed by atoms with E-state index in [0.717, 1.165) is 0 Å². The highest BCUT2D eigenvalue weighted by molar-refractivity contribution is 6.13. The Labute approximate surface area is 171 Å². The van der Waals surface area contributed by atoms with Gasteiger partial charge in [-0.05, 0) is 31.2 Å². The van der Waals surface area contributed by atoms with Crippen molar-refractivity contribution in [3.8, 4) is 28.8 Å². The number of nitrogens with one attached hydrogen (secondary N) is 1. The molecular formula is C22H18FN5O2. The Morgan fingerprint density at radius 2 is 2.17 bits per heavy atom. The minimum absolute atomic E-state index is 0.0864. The molecule has 7 nitrogen and oxygen atoms in total. The average Bonchev–Trinajstić information content (AvgIpc) is 3.27. The second kappa shape index (κ2) is 7.37. The molecule has 0 spiro atoms. The molecular weight excluding hydrogens is 385 g/mol. The molecule has 0 fully saturated rings. The molecule has 8 heteroatoms. The molecule has 0 saturated heterocycles. The number of halogens is 1. The number of hydrogen-bond acceptors (Lipinski definition) is 5. The van der Waals surface area contributed by atoms with Crippen LogP contribution in [0.15, 0.2) is 47.7 Å². The van der Waals surface area contributed by atoms with Crippen molar-refractivity contribution in [3.63, 3.8) is 0 Å². The van der Waals surface area contributed by atoms with Gasteiger partial charge >= 0.3 is 0 Å². The number of aliphatic imine (C=N–C) groups is 1. The largest absolute Gasteiger partial charge is 0.496 e. The number of aryl methyl sites for hydroxylation is 1. The van der Waals surface area contributed by atoms with Crippen LogP contribution in [0, 0.1) is 17.1 Å². The standard InChI is InChI=1S/C22H18FN5O2/c1-12(26-14-10-25-28(2)11-14)20-16-8-15(13(9-24)7-18(16)27-22(20)29)21-17(23)5-4-6-19(21)30-3/h4-8,10-11,27,29H,1-3H3. The molecule has 0 aliphatic rings. The third kappa shape index (κ3) is 3.16. The molecule has 150 valence electrons. The first kappa shape index (κ1) is 19.2. The molecule has 0 aliphatic heterocycles. The Balaban J connectivity index is 1.98. The number of fused-ring (bicyclic) bond motifs is 1. The number of aromatic nitrogens is 3. The summed E-state index contributed by atoms with van der Waals surface area (Å²) in [6.07, 6.45) is 3.36. The molecule has 0 amide bonds. The van der Waals surface area contributed by atoms with E-state index in [4.69, 9.17) is 4.74 Å². The zero-order valence-electron chi connectivity index (χ0n) is 16.6. The normalized spacial score (nSPS) is 11.6. The molecule has 0 unspecified atom stereocenters. The first-order valence-corrected chi connectivity index (χ1v) is 9.09. The van der Waals surface area contributed by atoms with Gasteiger partial charge in [0.05, 0.1) is 53.5 Å². The molecule has 2 N–H and O–H groups in total. The van der Waals surface area contributed by atoms with Gasteiger partial charge in [-0.1, -0.05) is 6.07 Å². The van der Waals surface area contributed by atoms with E-state index in [9.17, 15) is 14.8 Å². The van der Waals surface area contributed by atoms with Gasteiger partial charge < -0.3 is 14.8 Å². The monoisotopic (exact) mass is 403 g/mol. The van der Waals surface area contributed by atoms with Crippen LogP contribution < -0.4 is 4.74 Å². The van der Waals surface area contributed by atoms with Crippen molar-refractivity contribution in [1.29, 1.82) is 5.26 Å². The van der Waals surface area contributed by atoms with Crippen LogP contribution in [0.1, 0.15) is 18.1 Å². The minimum atomic E-state index is -0.507. The molecule has 2 aromatic carbocycles. The van der Waals surface area contributed by atoms with E-state index < -0.39 is 5.82 Å². The summed E-state index contributed by atoms with van der Waals surface area (Å²) < 4.78 is 21.7. The summed E-state index contributed by atoms with van der Waals surface area (Å²) in [6, 6.07) is 9.84. The Morgan fingerprint density at radius 1 is 1.37 bits per heavy atom. The van der Waals surface area contributed by atoms with Crippen molar-refractivity contribution in [2.24, 2.45) is 12.0 Å². The van der Waals surface area contributed by atoms with Crippen molar-refractivity contribution < 1.29 is 14.2 Å². The van der Waals surface area contributed by atoms with E-state index in [1.165, 1.54) is 13.2 Å². The Hall–Kier alpha value is -4.12. The SMILES string of the molecule is COc1cccc(F)c1-c1cc2c(C(C)=Nc3cnn(C)c3)c(O)[nH]c2cc1C#N. The Morgan fingerprint density at radius 3 is 2.83 bits per heavy atom. The summed E-state index contributed by atoms with van der Waals surface area (Å²) in [4.78, 5) is 7.39. The van der Waals surface area contributed by atoms with Crippen LogP contribution in [0.25, 0.3) is 22.0 Å². The lowest BCUT2D eigenvalue weighted by molar-refractivity contribution is 0.413. The number of methoxy groups -OCH3 is 1. The molecule has 2 heterocycles. The second-order valence-corrected chi connectivity index (χ2v) is 6.79. The third-order valence-electron chi connectivity index (χ3n) is 4.85. The Kier molecular flexibility index (Phi) is 4.72. The summed E-state index contributed by atoms with van der Waals surface area (Å²) in [6.45, 7) is 1.76. The van der Waals surface area contributed by atoms with Crippen molar-refractivity contribution in [1.82, 2.24) is 14.8 Å². The number of nitrogens with zero attached hydrogens (tertiary/aromatic N) is 4. The molecule has 4 rings (SSSR count). The lowest BCUT2D eigenvalue weighted by Crippen LogP contribution is -1.96. The van der Waals surface area contributed by atoms with Gasteiger partial charge in [-0.15, -0.1) is 0 Å². The highest BCUT2D eigenvalue weighted by Crippen LogP contribution is 2.39. The number of aromatic hydroxyl groups is 1. The number of benzene rings is 2. The average molecular weight is 403 g/mol. The zero-order chi connectivity index (χ0) is 21.4. The van der Waals surface area contributed by atoms with Crippen LogP contribution in [0.5, 0.6) is 11.6 Å². The van der Waals surface area contributed by atoms with E-state index in [-0.39, 0.29) is 17.0 Å². The highest BCUT2D eigenvalue weighted by Gasteiger charge is 2.21. The first-order valence-electron chi connectivity index (χ1n) is 9.09. The maximum atomic E-state index is 14.7. The summed E-state index contributed by atoms with van der Waals surface area (Å²) in [5, 5.41) is 24.9. The number of rotatable bonds is 4. The van der Waals surface area contributed by atoms with Crippen molar-refractivity contribution in [2.75, 3.05) is 7.11 Å². The van der Waals surface area contributed by atoms with Gasteiger partial charge in [0.15, 0.2) is 5.88 Å². The number of ether oxygens (including phenoxy) is 1. The lowest BCUT2D eigenvalue weighted by Gasteiger charge is -2.12. The first-order chi connectivity index (χ1) is 14.4. The third-order valence-corrected chi connectivity index (χ3v) is 4.85. The number of H-pyrrole nitrogens is 1. The van der Waals surface area contributed by atoms with Crippen molar-refractivity contribution in [2.45, 2.75) is 6.92 Å². The maximum Gasteiger partial charge on any atom is 0.198 e. The summed E-state index contributed by atoms with van der Waals surface area (Å²) >= 11 is 0. The molecule has 0 bridgehead atoms. The van der Waals surface area contributed by atoms with Crippen LogP contribution in [0.2, 0.25) is 0 Å². The van der Waals surface area contributed by atoms with Gasteiger partial charge in [-0.25, -0.2) is 9.38 Å². The Bertz CT molecular complexity index is 1340. The topological polar surface area (TPSA) is 99.2 Å². The summed E-state index contributed by atoms with van der Waals surface area (Å²) in [5.41, 5.74) is 2.99. The number of aromatic amines is 1. The lowest BCUT2D eigenvalue weighted by atomic mass is 9.95. The minimum Gasteiger partial charge on any atom is -0.496 e. The highest BCUT2D eigenvalue weighted by atomic mass is 19.1. The zero-order valence-corrected chi connectivity index (χ0v) is 16.6. The summed E-state index contributed by atoms with van der Waals surface area (Å²) in [5.74, 6) is -0.281. The van der Waals surface area contributed by atoms with Crippen LogP contribution in [0.3, 0.4) is 0 Å². The van der Waals surface area contributed by atoms with E-state index in [0.29, 0.717) is 39.2 Å². The predicted molar refractivity (Wildman–Crippen MR) is 112 cm³/mol. The molecule has 0 aliphatic carbocycles. The van der Waals surface area contributed by atoms with E-state index >= 15 is 0 Å². The quantitative estimate of drug-likeness (QED) is 0.492. The molecule has 4 aromatic rings. The fourth-order valence-electron chi connectivity index (χ4n) is 3.54. The smallest absolute Gasteiger partial charge is 0.198 e. The van der Waals surface area contributed by atoms with Crippen LogP contribution >= 0.6 is 0 Å².